The number of aromatic nitrogens is 1. The molecule has 0 bridgehead atoms. The molecule has 1 N–H and O–H groups in total. The maximum absolute atomic E-state index is 12.9. The van der Waals surface area contributed by atoms with Crippen LogP contribution in [0, 0.1) is 5.82 Å². The fourth-order valence-electron chi connectivity index (χ4n) is 3.27. The number of thiazole rings is 1. The molecule has 2 amide bonds. The lowest BCUT2D eigenvalue weighted by Gasteiger charge is -2.33. The molecule has 0 atom stereocenters. The summed E-state index contributed by atoms with van der Waals surface area (Å²) < 4.78 is 14.0. The van der Waals surface area contributed by atoms with Gasteiger partial charge in [0.2, 0.25) is 11.8 Å². The minimum absolute atomic E-state index is 0.0512. The van der Waals surface area contributed by atoms with E-state index in [9.17, 15) is 14.0 Å². The number of anilines is 1. The number of benzene rings is 2. The first kappa shape index (κ1) is 20.2. The predicted octanol–water partition coefficient (Wildman–Crippen LogP) is 3.23. The Kier molecular flexibility index (Phi) is 6.15. The van der Waals surface area contributed by atoms with E-state index in [0.29, 0.717) is 31.9 Å². The van der Waals surface area contributed by atoms with Crippen molar-refractivity contribution in [3.05, 3.63) is 65.4 Å². The molecule has 0 spiro atoms. The summed E-state index contributed by atoms with van der Waals surface area (Å²) in [6, 6.07) is 13.6. The zero-order valence-corrected chi connectivity index (χ0v) is 17.1. The molecule has 2 heterocycles. The zero-order valence-electron chi connectivity index (χ0n) is 16.3. The van der Waals surface area contributed by atoms with Crippen molar-refractivity contribution in [2.24, 2.45) is 0 Å². The van der Waals surface area contributed by atoms with Crippen LogP contribution >= 0.6 is 11.3 Å². The van der Waals surface area contributed by atoms with E-state index >= 15 is 0 Å². The third kappa shape index (κ3) is 5.08. The Hall–Kier alpha value is -3.10. The van der Waals surface area contributed by atoms with E-state index in [1.807, 2.05) is 29.2 Å². The molecule has 0 saturated carbocycles. The second-order valence-corrected chi connectivity index (χ2v) is 8.07. The largest absolute Gasteiger partial charge is 0.337 e. The quantitative estimate of drug-likeness (QED) is 0.639. The minimum atomic E-state index is -0.342. The normalized spacial score (nSPS) is 15.0. The van der Waals surface area contributed by atoms with Crippen LogP contribution in [0.15, 0.2) is 54.6 Å². The molecule has 2 aromatic carbocycles. The molecule has 0 aliphatic carbocycles. The number of para-hydroxylation sites is 1. The number of nitrogens with zero attached hydrogens (tertiary/aromatic N) is 3. The number of carbonyl (C=O) groups is 2. The van der Waals surface area contributed by atoms with Crippen molar-refractivity contribution >= 4 is 45.1 Å². The second kappa shape index (κ2) is 9.15. The molecule has 154 valence electrons. The highest BCUT2D eigenvalue weighted by molar-refractivity contribution is 7.19. The molecule has 30 heavy (non-hydrogen) atoms. The van der Waals surface area contributed by atoms with Gasteiger partial charge in [-0.1, -0.05) is 12.1 Å². The Balaban J connectivity index is 1.24. The average Bonchev–Trinajstić information content (AvgIpc) is 3.17. The van der Waals surface area contributed by atoms with Gasteiger partial charge in [0.05, 0.1) is 16.8 Å². The zero-order chi connectivity index (χ0) is 20.9. The van der Waals surface area contributed by atoms with Gasteiger partial charge in [-0.2, -0.15) is 0 Å². The maximum atomic E-state index is 12.9. The van der Waals surface area contributed by atoms with Gasteiger partial charge in [0, 0.05) is 37.9 Å². The van der Waals surface area contributed by atoms with Crippen molar-refractivity contribution in [1.29, 1.82) is 0 Å². The SMILES string of the molecule is O=C(CN1CCN(C(=O)/C=C/c2nc3ccccc3s2)CC1)Nc1ccc(F)cc1. The van der Waals surface area contributed by atoms with Gasteiger partial charge in [0.25, 0.3) is 0 Å². The molecule has 1 saturated heterocycles. The Labute approximate surface area is 177 Å². The van der Waals surface area contributed by atoms with Crippen LogP contribution in [-0.4, -0.2) is 59.3 Å². The van der Waals surface area contributed by atoms with E-state index in [1.54, 1.807) is 28.4 Å². The summed E-state index contributed by atoms with van der Waals surface area (Å²) in [7, 11) is 0. The van der Waals surface area contributed by atoms with Crippen molar-refractivity contribution in [1.82, 2.24) is 14.8 Å². The van der Waals surface area contributed by atoms with Crippen LogP contribution in [0.25, 0.3) is 16.3 Å². The van der Waals surface area contributed by atoms with Crippen molar-refractivity contribution in [2.75, 3.05) is 38.0 Å². The highest BCUT2D eigenvalue weighted by Gasteiger charge is 2.21. The third-order valence-electron chi connectivity index (χ3n) is 4.86. The Morgan fingerprint density at radius 2 is 1.80 bits per heavy atom. The first-order valence-corrected chi connectivity index (χ1v) is 10.5. The van der Waals surface area contributed by atoms with E-state index in [1.165, 1.54) is 24.3 Å². The highest BCUT2D eigenvalue weighted by atomic mass is 32.1. The molecule has 1 aromatic heterocycles. The van der Waals surface area contributed by atoms with Gasteiger partial charge in [-0.15, -0.1) is 11.3 Å². The molecule has 6 nitrogen and oxygen atoms in total. The molecule has 3 aromatic rings. The number of hydrogen-bond donors (Lipinski definition) is 1. The molecule has 4 rings (SSSR count). The van der Waals surface area contributed by atoms with Crippen molar-refractivity contribution < 1.29 is 14.0 Å². The summed E-state index contributed by atoms with van der Waals surface area (Å²) in [5, 5.41) is 3.56. The molecule has 0 radical (unpaired) electrons. The predicted molar refractivity (Wildman–Crippen MR) is 117 cm³/mol. The molecule has 8 heteroatoms. The number of fused-ring (bicyclic) bond motifs is 1. The second-order valence-electron chi connectivity index (χ2n) is 7.01. The standard InChI is InChI=1S/C22H21FN4O2S/c23-16-5-7-17(8-6-16)24-20(28)15-26-11-13-27(14-12-26)22(29)10-9-21-25-18-3-1-2-4-19(18)30-21/h1-10H,11-15H2,(H,24,28)/b10-9+. The van der Waals surface area contributed by atoms with Gasteiger partial charge < -0.3 is 10.2 Å². The van der Waals surface area contributed by atoms with Crippen molar-refractivity contribution in [3.8, 4) is 0 Å². The van der Waals surface area contributed by atoms with Gasteiger partial charge in [-0.25, -0.2) is 9.37 Å². The topological polar surface area (TPSA) is 65.5 Å². The first-order chi connectivity index (χ1) is 14.6. The Morgan fingerprint density at radius 3 is 2.53 bits per heavy atom. The van der Waals surface area contributed by atoms with E-state index in [2.05, 4.69) is 10.3 Å². The summed E-state index contributed by atoms with van der Waals surface area (Å²) in [6.45, 7) is 2.61. The van der Waals surface area contributed by atoms with Gasteiger partial charge in [-0.3, -0.25) is 14.5 Å². The Bertz CT molecular complexity index is 1040. The summed E-state index contributed by atoms with van der Waals surface area (Å²) in [4.78, 5) is 32.9. The van der Waals surface area contributed by atoms with Gasteiger partial charge in [0.1, 0.15) is 10.8 Å². The molecule has 1 aliphatic heterocycles. The summed E-state index contributed by atoms with van der Waals surface area (Å²) >= 11 is 1.55. The first-order valence-electron chi connectivity index (χ1n) is 9.67. The number of hydrogen-bond acceptors (Lipinski definition) is 5. The van der Waals surface area contributed by atoms with Gasteiger partial charge in [0.15, 0.2) is 0 Å². The van der Waals surface area contributed by atoms with Crippen molar-refractivity contribution in [3.63, 3.8) is 0 Å². The van der Waals surface area contributed by atoms with Crippen molar-refractivity contribution in [2.45, 2.75) is 0 Å². The number of rotatable bonds is 5. The fourth-order valence-corrected chi connectivity index (χ4v) is 4.14. The van der Waals surface area contributed by atoms with E-state index < -0.39 is 0 Å². The van der Waals surface area contributed by atoms with Crippen LogP contribution in [0.3, 0.4) is 0 Å². The Morgan fingerprint density at radius 1 is 1.07 bits per heavy atom. The average molecular weight is 425 g/mol. The number of piperazine rings is 1. The van der Waals surface area contributed by atoms with E-state index in [4.69, 9.17) is 0 Å². The number of carbonyl (C=O) groups excluding carboxylic acids is 2. The van der Waals surface area contributed by atoms with Crippen LogP contribution in [0.4, 0.5) is 10.1 Å². The van der Waals surface area contributed by atoms with Crippen LogP contribution in [0.2, 0.25) is 0 Å². The van der Waals surface area contributed by atoms with Crippen LogP contribution in [0.1, 0.15) is 5.01 Å². The molecular weight excluding hydrogens is 403 g/mol. The summed E-state index contributed by atoms with van der Waals surface area (Å²) in [5.41, 5.74) is 1.50. The minimum Gasteiger partial charge on any atom is -0.337 e. The van der Waals surface area contributed by atoms with Gasteiger partial charge >= 0.3 is 0 Å². The molecule has 1 fully saturated rings. The summed E-state index contributed by atoms with van der Waals surface area (Å²) in [5.74, 6) is -0.548. The van der Waals surface area contributed by atoms with Crippen LogP contribution in [-0.2, 0) is 9.59 Å². The summed E-state index contributed by atoms with van der Waals surface area (Å²) in [6.07, 6.45) is 3.32. The smallest absolute Gasteiger partial charge is 0.246 e. The number of halogens is 1. The van der Waals surface area contributed by atoms with Crippen LogP contribution < -0.4 is 5.32 Å². The molecular formula is C22H21FN4O2S. The molecule has 0 unspecified atom stereocenters. The van der Waals surface area contributed by atoms with E-state index in [0.717, 1.165) is 15.2 Å². The maximum Gasteiger partial charge on any atom is 0.246 e. The fraction of sp³-hybridized carbons (Fsp3) is 0.227. The monoisotopic (exact) mass is 424 g/mol. The highest BCUT2D eigenvalue weighted by Crippen LogP contribution is 2.22. The lowest BCUT2D eigenvalue weighted by Crippen LogP contribution is -2.50. The molecule has 1 aliphatic rings. The lowest BCUT2D eigenvalue weighted by molar-refractivity contribution is -0.127. The van der Waals surface area contributed by atoms with E-state index in [-0.39, 0.29) is 24.2 Å². The lowest BCUT2D eigenvalue weighted by atomic mass is 10.3. The van der Waals surface area contributed by atoms with Gasteiger partial charge in [-0.05, 0) is 42.5 Å². The van der Waals surface area contributed by atoms with Crippen LogP contribution in [0.5, 0.6) is 0 Å². The third-order valence-corrected chi connectivity index (χ3v) is 5.86. The number of nitrogens with one attached hydrogen (secondary N) is 1. The number of amides is 2.